The maximum atomic E-state index is 13.8. The molecule has 3 aromatic carbocycles. The lowest BCUT2D eigenvalue weighted by molar-refractivity contribution is -0.149. The highest BCUT2D eigenvalue weighted by Gasteiger charge is 2.66. The third-order valence-corrected chi connectivity index (χ3v) is 7.70. The average Bonchev–Trinajstić information content (AvgIpc) is 3.40. The van der Waals surface area contributed by atoms with Gasteiger partial charge in [0.1, 0.15) is 5.54 Å². The largest absolute Gasteiger partial charge is 0.273 e. The fourth-order valence-electron chi connectivity index (χ4n) is 6.63. The Morgan fingerprint density at radius 2 is 1.52 bits per heavy atom. The van der Waals surface area contributed by atoms with Gasteiger partial charge >= 0.3 is 0 Å². The number of carbonyl (C=O) groups is 1. The second-order valence-corrected chi connectivity index (χ2v) is 10.2. The van der Waals surface area contributed by atoms with Gasteiger partial charge in [-0.3, -0.25) is 9.80 Å². The molecule has 2 aliphatic heterocycles. The third kappa shape index (κ3) is 2.63. The average molecular weight is 435 g/mol. The minimum Gasteiger partial charge on any atom is -0.273 e. The zero-order valence-corrected chi connectivity index (χ0v) is 19.6. The van der Waals surface area contributed by atoms with Gasteiger partial charge in [-0.2, -0.15) is 5.01 Å². The van der Waals surface area contributed by atoms with Crippen molar-refractivity contribution in [2.24, 2.45) is 0 Å². The van der Waals surface area contributed by atoms with Crippen molar-refractivity contribution >= 4 is 11.5 Å². The zero-order chi connectivity index (χ0) is 22.8. The van der Waals surface area contributed by atoms with Crippen molar-refractivity contribution in [1.82, 2.24) is 10.0 Å². The molecule has 6 rings (SSSR count). The first-order valence-corrected chi connectivity index (χ1v) is 12.1. The second-order valence-electron chi connectivity index (χ2n) is 10.2. The Balaban J connectivity index is 1.77. The fraction of sp³-hybridized carbons (Fsp3) is 0.300. The molecule has 0 spiro atoms. The molecule has 0 N–H and O–H groups in total. The van der Waals surface area contributed by atoms with E-state index in [-0.39, 0.29) is 17.5 Å². The Bertz CT molecular complexity index is 1260. The summed E-state index contributed by atoms with van der Waals surface area (Å²) < 4.78 is 0. The molecule has 3 nitrogen and oxygen atoms in total. The van der Waals surface area contributed by atoms with E-state index in [1.165, 1.54) is 33.4 Å². The van der Waals surface area contributed by atoms with Gasteiger partial charge in [0.15, 0.2) is 0 Å². The molecule has 0 bridgehead atoms. The number of benzene rings is 3. The first-order chi connectivity index (χ1) is 16.0. The summed E-state index contributed by atoms with van der Waals surface area (Å²) in [6, 6.07) is 30.3. The van der Waals surface area contributed by atoms with Crippen molar-refractivity contribution in [2.75, 3.05) is 0 Å². The molecule has 2 saturated heterocycles. The second kappa shape index (κ2) is 7.16. The van der Waals surface area contributed by atoms with Crippen LogP contribution >= 0.6 is 0 Å². The van der Waals surface area contributed by atoms with E-state index in [2.05, 4.69) is 116 Å². The molecule has 2 heterocycles. The summed E-state index contributed by atoms with van der Waals surface area (Å²) in [7, 11) is 0. The van der Waals surface area contributed by atoms with Crippen molar-refractivity contribution in [3.05, 3.63) is 113 Å². The molecule has 0 radical (unpaired) electrons. The molecule has 2 fully saturated rings. The highest BCUT2D eigenvalue weighted by atomic mass is 16.2. The highest BCUT2D eigenvalue weighted by Crippen LogP contribution is 2.65. The van der Waals surface area contributed by atoms with Crippen LogP contribution in [-0.4, -0.2) is 21.5 Å². The Labute approximate surface area is 196 Å². The van der Waals surface area contributed by atoms with Crippen LogP contribution in [0.1, 0.15) is 68.3 Å². The van der Waals surface area contributed by atoms with Crippen molar-refractivity contribution in [2.45, 2.75) is 57.2 Å². The Morgan fingerprint density at radius 3 is 2.21 bits per heavy atom. The maximum Gasteiger partial charge on any atom is 0.239 e. The Hall–Kier alpha value is -3.17. The van der Waals surface area contributed by atoms with E-state index in [9.17, 15) is 4.79 Å². The van der Waals surface area contributed by atoms with Gasteiger partial charge in [-0.1, -0.05) is 98.3 Å². The molecule has 3 aliphatic rings. The van der Waals surface area contributed by atoms with Crippen LogP contribution in [-0.2, 0) is 10.3 Å². The fourth-order valence-corrected chi connectivity index (χ4v) is 6.63. The third-order valence-electron chi connectivity index (χ3n) is 7.70. The summed E-state index contributed by atoms with van der Waals surface area (Å²) in [5.74, 6) is 0.226. The quantitative estimate of drug-likeness (QED) is 0.469. The smallest absolute Gasteiger partial charge is 0.239 e. The molecule has 0 aromatic heterocycles. The van der Waals surface area contributed by atoms with Crippen LogP contribution in [0.3, 0.4) is 0 Å². The van der Waals surface area contributed by atoms with Gasteiger partial charge in [0.25, 0.3) is 0 Å². The zero-order valence-electron chi connectivity index (χ0n) is 19.6. The van der Waals surface area contributed by atoms with Gasteiger partial charge in [0, 0.05) is 12.0 Å². The molecule has 1 amide bonds. The molecule has 3 aromatic rings. The van der Waals surface area contributed by atoms with E-state index in [0.29, 0.717) is 6.42 Å². The van der Waals surface area contributed by atoms with Gasteiger partial charge in [0.2, 0.25) is 5.91 Å². The molecule has 2 atom stereocenters. The predicted molar refractivity (Wildman–Crippen MR) is 132 cm³/mol. The maximum absolute atomic E-state index is 13.8. The minimum absolute atomic E-state index is 0.0598. The molecule has 2 unspecified atom stereocenters. The van der Waals surface area contributed by atoms with Crippen LogP contribution in [0.2, 0.25) is 0 Å². The number of hydrazine groups is 1. The minimum atomic E-state index is -0.490. The number of amides is 1. The van der Waals surface area contributed by atoms with E-state index >= 15 is 0 Å². The van der Waals surface area contributed by atoms with Crippen LogP contribution in [0.15, 0.2) is 90.5 Å². The van der Waals surface area contributed by atoms with Crippen LogP contribution in [0.25, 0.3) is 5.57 Å². The first-order valence-electron chi connectivity index (χ1n) is 12.1. The first kappa shape index (κ1) is 20.4. The van der Waals surface area contributed by atoms with E-state index in [1.54, 1.807) is 0 Å². The summed E-state index contributed by atoms with van der Waals surface area (Å²) in [4.78, 5) is 13.8. The summed E-state index contributed by atoms with van der Waals surface area (Å²) in [5, 5.41) is 4.58. The van der Waals surface area contributed by atoms with E-state index in [0.717, 1.165) is 12.8 Å². The number of nitrogens with zero attached hydrogens (tertiary/aromatic N) is 2. The standard InChI is InChI=1S/C30H30N2O/c1-4-19-30(22-15-9-6-10-16-22)27-26(21-13-7-5-8-14-21)23-17-11-12-18-24(23)28(27)32-29(2,3)20-25(33)31(30)32/h5-18,28H,4,19-20H2,1-3H3. The normalized spacial score (nSPS) is 25.4. The molecule has 166 valence electrons. The number of fused-ring (bicyclic) bond motifs is 5. The number of carbonyl (C=O) groups excluding carboxylic acids is 1. The number of rotatable bonds is 4. The summed E-state index contributed by atoms with van der Waals surface area (Å²) in [6.07, 6.45) is 2.42. The van der Waals surface area contributed by atoms with E-state index in [1.807, 2.05) is 0 Å². The van der Waals surface area contributed by atoms with Gasteiger partial charge in [0.05, 0.1) is 6.04 Å². The van der Waals surface area contributed by atoms with Crippen molar-refractivity contribution in [3.8, 4) is 0 Å². The molecular weight excluding hydrogens is 404 g/mol. The van der Waals surface area contributed by atoms with Gasteiger partial charge in [-0.25, -0.2) is 0 Å². The van der Waals surface area contributed by atoms with E-state index in [4.69, 9.17) is 0 Å². The topological polar surface area (TPSA) is 23.6 Å². The van der Waals surface area contributed by atoms with Crippen LogP contribution in [0, 0.1) is 0 Å². The highest BCUT2D eigenvalue weighted by molar-refractivity contribution is 5.93. The Morgan fingerprint density at radius 1 is 0.879 bits per heavy atom. The summed E-state index contributed by atoms with van der Waals surface area (Å²) in [6.45, 7) is 6.68. The van der Waals surface area contributed by atoms with Gasteiger partial charge in [-0.05, 0) is 53.7 Å². The van der Waals surface area contributed by atoms with Gasteiger partial charge < -0.3 is 0 Å². The molecule has 33 heavy (non-hydrogen) atoms. The summed E-state index contributed by atoms with van der Waals surface area (Å²) >= 11 is 0. The molecule has 3 heteroatoms. The SMILES string of the molecule is CCCC1(c2ccccc2)C2=C(c3ccccc3)c3ccccc3C2N2N1C(=O)CC2(C)C. The number of hydrogen-bond acceptors (Lipinski definition) is 2. The van der Waals surface area contributed by atoms with Crippen LogP contribution in [0.4, 0.5) is 0 Å². The van der Waals surface area contributed by atoms with Gasteiger partial charge in [-0.15, -0.1) is 0 Å². The lowest BCUT2D eigenvalue weighted by atomic mass is 9.75. The van der Waals surface area contributed by atoms with Crippen molar-refractivity contribution in [3.63, 3.8) is 0 Å². The van der Waals surface area contributed by atoms with Crippen molar-refractivity contribution < 1.29 is 4.79 Å². The van der Waals surface area contributed by atoms with Crippen LogP contribution in [0.5, 0.6) is 0 Å². The molecule has 1 aliphatic carbocycles. The van der Waals surface area contributed by atoms with E-state index < -0.39 is 5.54 Å². The molecular formula is C30H30N2O. The molecule has 0 saturated carbocycles. The monoisotopic (exact) mass is 434 g/mol. The Kier molecular flexibility index (Phi) is 4.44. The van der Waals surface area contributed by atoms with Crippen molar-refractivity contribution in [1.29, 1.82) is 0 Å². The predicted octanol–water partition coefficient (Wildman–Crippen LogP) is 6.48. The lowest BCUT2D eigenvalue weighted by Crippen LogP contribution is -2.50. The summed E-state index contributed by atoms with van der Waals surface area (Å²) in [5.41, 5.74) is 6.97. The lowest BCUT2D eigenvalue weighted by Gasteiger charge is -2.42. The number of hydrogen-bond donors (Lipinski definition) is 0. The van der Waals surface area contributed by atoms with Crippen LogP contribution < -0.4 is 0 Å².